The van der Waals surface area contributed by atoms with Crippen molar-refractivity contribution in [1.29, 1.82) is 5.26 Å². The Balaban J connectivity index is 2.16. The molecule has 2 aromatic rings. The van der Waals surface area contributed by atoms with Crippen LogP contribution in [0.1, 0.15) is 28.7 Å². The molecule has 96 valence electrons. The van der Waals surface area contributed by atoms with Crippen molar-refractivity contribution in [2.75, 3.05) is 5.32 Å². The molecule has 2 rings (SSSR count). The minimum atomic E-state index is -0.209. The van der Waals surface area contributed by atoms with Crippen LogP contribution >= 0.6 is 0 Å². The first-order valence-electron chi connectivity index (χ1n) is 5.98. The van der Waals surface area contributed by atoms with Crippen LogP contribution in [-0.2, 0) is 13.5 Å². The molecule has 1 aromatic heterocycles. The quantitative estimate of drug-likeness (QED) is 0.911. The first-order valence-corrected chi connectivity index (χ1v) is 5.98. The number of hydrogen-bond acceptors (Lipinski definition) is 3. The molecule has 0 fully saturated rings. The van der Waals surface area contributed by atoms with Crippen molar-refractivity contribution in [2.45, 2.75) is 13.3 Å². The van der Waals surface area contributed by atoms with E-state index in [1.54, 1.807) is 42.1 Å². The zero-order valence-corrected chi connectivity index (χ0v) is 10.8. The summed E-state index contributed by atoms with van der Waals surface area (Å²) in [6.07, 6.45) is 0.790. The van der Waals surface area contributed by atoms with Gasteiger partial charge in [0.1, 0.15) is 5.69 Å². The summed E-state index contributed by atoms with van der Waals surface area (Å²) < 4.78 is 1.57. The van der Waals surface area contributed by atoms with E-state index in [1.165, 1.54) is 0 Å². The molecule has 1 amide bonds. The fraction of sp³-hybridized carbons (Fsp3) is 0.214. The molecule has 5 heteroatoms. The number of aryl methyl sites for hydroxylation is 2. The van der Waals surface area contributed by atoms with E-state index < -0.39 is 0 Å². The van der Waals surface area contributed by atoms with Crippen molar-refractivity contribution in [2.24, 2.45) is 7.05 Å². The lowest BCUT2D eigenvalue weighted by molar-refractivity contribution is 0.101. The lowest BCUT2D eigenvalue weighted by Crippen LogP contribution is -2.15. The van der Waals surface area contributed by atoms with Crippen LogP contribution in [0.15, 0.2) is 30.3 Å². The second-order valence-corrected chi connectivity index (χ2v) is 4.14. The maximum Gasteiger partial charge on any atom is 0.273 e. The topological polar surface area (TPSA) is 70.7 Å². The first kappa shape index (κ1) is 12.8. The van der Waals surface area contributed by atoms with E-state index in [1.807, 2.05) is 13.0 Å². The Morgan fingerprint density at radius 1 is 1.42 bits per heavy atom. The summed E-state index contributed by atoms with van der Waals surface area (Å²) in [6.45, 7) is 1.99. The van der Waals surface area contributed by atoms with Crippen molar-refractivity contribution in [3.63, 3.8) is 0 Å². The highest BCUT2D eigenvalue weighted by molar-refractivity contribution is 6.03. The van der Waals surface area contributed by atoms with Crippen molar-refractivity contribution in [1.82, 2.24) is 9.78 Å². The van der Waals surface area contributed by atoms with Crippen LogP contribution < -0.4 is 5.32 Å². The molecule has 0 saturated carbocycles. The van der Waals surface area contributed by atoms with Gasteiger partial charge >= 0.3 is 0 Å². The monoisotopic (exact) mass is 254 g/mol. The van der Waals surface area contributed by atoms with Crippen molar-refractivity contribution in [3.05, 3.63) is 47.3 Å². The average molecular weight is 254 g/mol. The van der Waals surface area contributed by atoms with E-state index in [4.69, 9.17) is 5.26 Å². The fourth-order valence-electron chi connectivity index (χ4n) is 1.74. The van der Waals surface area contributed by atoms with Gasteiger partial charge in [0, 0.05) is 12.7 Å². The van der Waals surface area contributed by atoms with Crippen LogP contribution in [0, 0.1) is 11.3 Å². The van der Waals surface area contributed by atoms with Crippen LogP contribution in [-0.4, -0.2) is 15.7 Å². The highest BCUT2D eigenvalue weighted by atomic mass is 16.2. The third-order valence-electron chi connectivity index (χ3n) is 2.80. The highest BCUT2D eigenvalue weighted by Crippen LogP contribution is 2.11. The smallest absolute Gasteiger partial charge is 0.273 e. The summed E-state index contributed by atoms with van der Waals surface area (Å²) in [4.78, 5) is 12.1. The Labute approximate surface area is 111 Å². The molecule has 0 aliphatic heterocycles. The number of nitrogens with zero attached hydrogens (tertiary/aromatic N) is 3. The Morgan fingerprint density at radius 2 is 2.11 bits per heavy atom. The lowest BCUT2D eigenvalue weighted by Gasteiger charge is -2.04. The standard InChI is InChI=1S/C14H14N4O/c1-3-11-8-13(18(2)17-11)14(19)16-12-6-4-10(9-15)5-7-12/h4-8H,3H2,1-2H3,(H,16,19). The van der Waals surface area contributed by atoms with Gasteiger partial charge in [0.25, 0.3) is 5.91 Å². The second kappa shape index (κ2) is 5.36. The number of nitriles is 1. The Bertz CT molecular complexity index is 634. The van der Waals surface area contributed by atoms with Crippen LogP contribution in [0.4, 0.5) is 5.69 Å². The number of aromatic nitrogens is 2. The molecule has 5 nitrogen and oxygen atoms in total. The number of anilines is 1. The summed E-state index contributed by atoms with van der Waals surface area (Å²) in [5, 5.41) is 15.7. The molecule has 19 heavy (non-hydrogen) atoms. The van der Waals surface area contributed by atoms with Gasteiger partial charge in [0.2, 0.25) is 0 Å². The zero-order chi connectivity index (χ0) is 13.8. The van der Waals surface area contributed by atoms with E-state index in [2.05, 4.69) is 10.4 Å². The number of nitrogens with one attached hydrogen (secondary N) is 1. The van der Waals surface area contributed by atoms with Crippen LogP contribution in [0.25, 0.3) is 0 Å². The van der Waals surface area contributed by atoms with E-state index in [0.29, 0.717) is 16.9 Å². The zero-order valence-electron chi connectivity index (χ0n) is 10.8. The Hall–Kier alpha value is -2.61. The third-order valence-corrected chi connectivity index (χ3v) is 2.80. The summed E-state index contributed by atoms with van der Waals surface area (Å²) in [6, 6.07) is 10.5. The van der Waals surface area contributed by atoms with Crippen LogP contribution in [0.2, 0.25) is 0 Å². The largest absolute Gasteiger partial charge is 0.321 e. The SMILES string of the molecule is CCc1cc(C(=O)Nc2ccc(C#N)cc2)n(C)n1. The first-order chi connectivity index (χ1) is 9.13. The van der Waals surface area contributed by atoms with Gasteiger partial charge in [-0.1, -0.05) is 6.92 Å². The molecule has 0 saturated heterocycles. The molecule has 0 bridgehead atoms. The van der Waals surface area contributed by atoms with Gasteiger partial charge in [-0.3, -0.25) is 9.48 Å². The predicted molar refractivity (Wildman–Crippen MR) is 71.7 cm³/mol. The lowest BCUT2D eigenvalue weighted by atomic mass is 10.2. The minimum absolute atomic E-state index is 0.209. The van der Waals surface area contributed by atoms with E-state index in [-0.39, 0.29) is 5.91 Å². The molecule has 0 spiro atoms. The van der Waals surface area contributed by atoms with Crippen molar-refractivity contribution < 1.29 is 4.79 Å². The van der Waals surface area contributed by atoms with E-state index >= 15 is 0 Å². The van der Waals surface area contributed by atoms with Gasteiger partial charge in [0.15, 0.2) is 0 Å². The number of hydrogen-bond donors (Lipinski definition) is 1. The summed E-state index contributed by atoms with van der Waals surface area (Å²) in [7, 11) is 1.74. The minimum Gasteiger partial charge on any atom is -0.321 e. The van der Waals surface area contributed by atoms with Gasteiger partial charge in [-0.05, 0) is 36.8 Å². The van der Waals surface area contributed by atoms with Crippen molar-refractivity contribution >= 4 is 11.6 Å². The number of carbonyl (C=O) groups excluding carboxylic acids is 1. The molecule has 0 aliphatic carbocycles. The molecule has 0 radical (unpaired) electrons. The maximum absolute atomic E-state index is 12.1. The molecular weight excluding hydrogens is 240 g/mol. The van der Waals surface area contributed by atoms with E-state index in [9.17, 15) is 4.79 Å². The number of amides is 1. The highest BCUT2D eigenvalue weighted by Gasteiger charge is 2.12. The Morgan fingerprint density at radius 3 is 2.63 bits per heavy atom. The molecule has 1 heterocycles. The summed E-state index contributed by atoms with van der Waals surface area (Å²) in [5.41, 5.74) is 2.61. The fourth-order valence-corrected chi connectivity index (χ4v) is 1.74. The summed E-state index contributed by atoms with van der Waals surface area (Å²) in [5.74, 6) is -0.209. The van der Waals surface area contributed by atoms with Crippen molar-refractivity contribution in [3.8, 4) is 6.07 Å². The number of rotatable bonds is 3. The average Bonchev–Trinajstić information content (AvgIpc) is 2.81. The summed E-state index contributed by atoms with van der Waals surface area (Å²) >= 11 is 0. The van der Waals surface area contributed by atoms with Gasteiger partial charge in [-0.15, -0.1) is 0 Å². The molecular formula is C14H14N4O. The molecule has 0 aliphatic rings. The molecule has 0 unspecified atom stereocenters. The Kier molecular flexibility index (Phi) is 3.62. The van der Waals surface area contributed by atoms with Gasteiger partial charge < -0.3 is 5.32 Å². The number of benzene rings is 1. The van der Waals surface area contributed by atoms with Gasteiger partial charge in [-0.2, -0.15) is 10.4 Å². The molecule has 1 N–H and O–H groups in total. The maximum atomic E-state index is 12.1. The predicted octanol–water partition coefficient (Wildman–Crippen LogP) is 2.11. The van der Waals surface area contributed by atoms with Crippen LogP contribution in [0.5, 0.6) is 0 Å². The van der Waals surface area contributed by atoms with Gasteiger partial charge in [-0.25, -0.2) is 0 Å². The third kappa shape index (κ3) is 2.80. The van der Waals surface area contributed by atoms with Gasteiger partial charge in [0.05, 0.1) is 17.3 Å². The molecule has 0 atom stereocenters. The normalized spacial score (nSPS) is 9.95. The number of carbonyl (C=O) groups is 1. The van der Waals surface area contributed by atoms with E-state index in [0.717, 1.165) is 12.1 Å². The van der Waals surface area contributed by atoms with Crippen LogP contribution in [0.3, 0.4) is 0 Å². The second-order valence-electron chi connectivity index (χ2n) is 4.14. The molecule has 1 aromatic carbocycles.